The minimum absolute atomic E-state index is 0.192. The van der Waals surface area contributed by atoms with Crippen LogP contribution in [0.3, 0.4) is 0 Å². The van der Waals surface area contributed by atoms with E-state index in [0.29, 0.717) is 22.0 Å². The van der Waals surface area contributed by atoms with E-state index in [-0.39, 0.29) is 5.75 Å². The van der Waals surface area contributed by atoms with E-state index >= 15 is 0 Å². The normalized spacial score (nSPS) is 10.5. The van der Waals surface area contributed by atoms with E-state index in [2.05, 4.69) is 0 Å². The van der Waals surface area contributed by atoms with Crippen molar-refractivity contribution < 1.29 is 9.90 Å². The second-order valence-electron chi connectivity index (χ2n) is 4.40. The maximum atomic E-state index is 10.6. The summed E-state index contributed by atoms with van der Waals surface area (Å²) in [5, 5.41) is 10.6. The molecule has 0 saturated carbocycles. The van der Waals surface area contributed by atoms with Gasteiger partial charge in [0.15, 0.2) is 0 Å². The summed E-state index contributed by atoms with van der Waals surface area (Å²) in [6, 6.07) is 3.15. The van der Waals surface area contributed by atoms with E-state index in [0.717, 1.165) is 38.8 Å². The lowest BCUT2D eigenvalue weighted by atomic mass is 10.1. The maximum absolute atomic E-state index is 10.6. The molecular weight excluding hydrogens is 285 g/mol. The fourth-order valence-electron chi connectivity index (χ4n) is 1.90. The Morgan fingerprint density at radius 3 is 2.63 bits per heavy atom. The van der Waals surface area contributed by atoms with Crippen molar-refractivity contribution in [2.75, 3.05) is 13.1 Å². The van der Waals surface area contributed by atoms with Crippen molar-refractivity contribution in [1.82, 2.24) is 4.90 Å². The number of amides is 1. The van der Waals surface area contributed by atoms with Crippen molar-refractivity contribution >= 4 is 29.6 Å². The van der Waals surface area contributed by atoms with Gasteiger partial charge < -0.3 is 10.0 Å². The number of benzene rings is 1. The van der Waals surface area contributed by atoms with Gasteiger partial charge in [-0.25, -0.2) is 0 Å². The van der Waals surface area contributed by atoms with Crippen molar-refractivity contribution in [1.29, 1.82) is 0 Å². The Bertz CT molecular complexity index is 424. The number of carbonyl (C=O) groups excluding carboxylic acids is 1. The van der Waals surface area contributed by atoms with Gasteiger partial charge in [0.2, 0.25) is 6.41 Å². The topological polar surface area (TPSA) is 40.5 Å². The van der Waals surface area contributed by atoms with Crippen LogP contribution in [0, 0.1) is 0 Å². The number of rotatable bonds is 8. The van der Waals surface area contributed by atoms with E-state index in [1.165, 1.54) is 0 Å². The summed E-state index contributed by atoms with van der Waals surface area (Å²) < 4.78 is 0. The molecule has 5 heteroatoms. The minimum Gasteiger partial charge on any atom is -0.508 e. The first-order valence-corrected chi connectivity index (χ1v) is 7.21. The molecule has 0 saturated heterocycles. The fraction of sp³-hybridized carbons (Fsp3) is 0.500. The first-order chi connectivity index (χ1) is 9.10. The number of hydrogen-bond acceptors (Lipinski definition) is 2. The van der Waals surface area contributed by atoms with Gasteiger partial charge in [-0.1, -0.05) is 29.6 Å². The largest absolute Gasteiger partial charge is 0.508 e. The molecule has 0 radical (unpaired) electrons. The highest BCUT2D eigenvalue weighted by Crippen LogP contribution is 2.33. The van der Waals surface area contributed by atoms with Gasteiger partial charge >= 0.3 is 0 Å². The van der Waals surface area contributed by atoms with E-state index in [1.807, 2.05) is 6.92 Å². The molecule has 0 bridgehead atoms. The molecule has 1 amide bonds. The number of halogens is 2. The van der Waals surface area contributed by atoms with Gasteiger partial charge in [-0.3, -0.25) is 4.79 Å². The number of aromatic hydroxyl groups is 1. The number of hydrogen-bond donors (Lipinski definition) is 1. The van der Waals surface area contributed by atoms with Crippen LogP contribution in [0.2, 0.25) is 10.0 Å². The Hall–Kier alpha value is -0.930. The van der Waals surface area contributed by atoms with Gasteiger partial charge in [-0.2, -0.15) is 0 Å². The van der Waals surface area contributed by atoms with Crippen LogP contribution >= 0.6 is 23.2 Å². The van der Waals surface area contributed by atoms with Crippen molar-refractivity contribution in [3.63, 3.8) is 0 Å². The van der Waals surface area contributed by atoms with Crippen LogP contribution in [0.25, 0.3) is 0 Å². The smallest absolute Gasteiger partial charge is 0.209 e. The summed E-state index contributed by atoms with van der Waals surface area (Å²) >= 11 is 12.0. The first kappa shape index (κ1) is 16.1. The lowest BCUT2D eigenvalue weighted by Gasteiger charge is -2.14. The second kappa shape index (κ2) is 8.28. The predicted octanol–water partition coefficient (Wildman–Crippen LogP) is 3.89. The Morgan fingerprint density at radius 1 is 1.26 bits per heavy atom. The molecule has 106 valence electrons. The summed E-state index contributed by atoms with van der Waals surface area (Å²) in [6.07, 6.45) is 4.40. The summed E-state index contributed by atoms with van der Waals surface area (Å²) in [5.74, 6) is 0.192. The van der Waals surface area contributed by atoms with E-state index in [1.54, 1.807) is 17.0 Å². The van der Waals surface area contributed by atoms with Crippen LogP contribution in [0.5, 0.6) is 5.75 Å². The van der Waals surface area contributed by atoms with E-state index < -0.39 is 0 Å². The molecule has 1 aromatic carbocycles. The van der Waals surface area contributed by atoms with Crippen LogP contribution in [0.1, 0.15) is 31.7 Å². The molecule has 1 rings (SSSR count). The quantitative estimate of drug-likeness (QED) is 0.584. The molecule has 1 aromatic rings. The molecule has 0 aliphatic rings. The lowest BCUT2D eigenvalue weighted by molar-refractivity contribution is -0.118. The number of carbonyl (C=O) groups is 1. The zero-order valence-corrected chi connectivity index (χ0v) is 12.5. The van der Waals surface area contributed by atoms with Crippen LogP contribution in [-0.2, 0) is 11.2 Å². The molecule has 19 heavy (non-hydrogen) atoms. The molecule has 0 atom stereocenters. The molecule has 0 heterocycles. The molecular formula is C14H19Cl2NO2. The molecule has 0 aliphatic carbocycles. The zero-order valence-electron chi connectivity index (χ0n) is 11.0. The zero-order chi connectivity index (χ0) is 14.3. The van der Waals surface area contributed by atoms with Crippen LogP contribution in [0.15, 0.2) is 12.1 Å². The van der Waals surface area contributed by atoms with Crippen molar-refractivity contribution in [3.8, 4) is 5.75 Å². The molecule has 0 unspecified atom stereocenters. The molecule has 3 nitrogen and oxygen atoms in total. The highest BCUT2D eigenvalue weighted by molar-refractivity contribution is 6.42. The number of phenols is 1. The second-order valence-corrected chi connectivity index (χ2v) is 5.19. The monoisotopic (exact) mass is 303 g/mol. The summed E-state index contributed by atoms with van der Waals surface area (Å²) in [4.78, 5) is 12.3. The van der Waals surface area contributed by atoms with Gasteiger partial charge in [0.1, 0.15) is 5.75 Å². The maximum Gasteiger partial charge on any atom is 0.209 e. The fourth-order valence-corrected chi connectivity index (χ4v) is 2.33. The number of phenolic OH excluding ortho intramolecular Hbond substituents is 1. The van der Waals surface area contributed by atoms with Crippen molar-refractivity contribution in [2.24, 2.45) is 0 Å². The third-order valence-electron chi connectivity index (χ3n) is 3.10. The Kier molecular flexibility index (Phi) is 7.03. The summed E-state index contributed by atoms with van der Waals surface area (Å²) in [5.41, 5.74) is 0.705. The molecule has 0 spiro atoms. The Morgan fingerprint density at radius 2 is 2.00 bits per heavy atom. The minimum atomic E-state index is 0.192. The molecule has 1 N–H and O–H groups in total. The van der Waals surface area contributed by atoms with Gasteiger partial charge in [0.25, 0.3) is 0 Å². The van der Waals surface area contributed by atoms with E-state index in [4.69, 9.17) is 23.2 Å². The van der Waals surface area contributed by atoms with Crippen LogP contribution < -0.4 is 0 Å². The predicted molar refractivity (Wildman–Crippen MR) is 79.0 cm³/mol. The number of unbranched alkanes of at least 4 members (excludes halogenated alkanes) is 2. The summed E-state index contributed by atoms with van der Waals surface area (Å²) in [7, 11) is 0. The highest BCUT2D eigenvalue weighted by atomic mass is 35.5. The van der Waals surface area contributed by atoms with Crippen LogP contribution in [-0.4, -0.2) is 29.5 Å². The first-order valence-electron chi connectivity index (χ1n) is 6.45. The van der Waals surface area contributed by atoms with Crippen molar-refractivity contribution in [2.45, 2.75) is 32.6 Å². The average molecular weight is 304 g/mol. The number of nitrogens with zero attached hydrogens (tertiary/aromatic N) is 1. The lowest BCUT2D eigenvalue weighted by Crippen LogP contribution is -2.22. The standard InChI is InChI=1S/C14H19Cl2NO2/c1-2-17(10-18)9-5-3-4-6-11-13(19)8-7-12(15)14(11)16/h7-8,10,19H,2-6,9H2,1H3. The molecule has 0 aromatic heterocycles. The third kappa shape index (κ3) is 4.92. The van der Waals surface area contributed by atoms with Crippen LogP contribution in [0.4, 0.5) is 0 Å². The summed E-state index contributed by atoms with van der Waals surface area (Å²) in [6.45, 7) is 3.47. The Balaban J connectivity index is 2.38. The van der Waals surface area contributed by atoms with Gasteiger partial charge in [-0.05, 0) is 38.3 Å². The average Bonchev–Trinajstić information content (AvgIpc) is 2.42. The molecule has 0 fully saturated rings. The SMILES string of the molecule is CCN(C=O)CCCCCc1c(O)ccc(Cl)c1Cl. The third-order valence-corrected chi connectivity index (χ3v) is 3.94. The highest BCUT2D eigenvalue weighted by Gasteiger charge is 2.09. The van der Waals surface area contributed by atoms with Gasteiger partial charge in [0, 0.05) is 18.7 Å². The van der Waals surface area contributed by atoms with Crippen molar-refractivity contribution in [3.05, 3.63) is 27.7 Å². The Labute approximate surface area is 124 Å². The van der Waals surface area contributed by atoms with Gasteiger partial charge in [-0.15, -0.1) is 0 Å². The van der Waals surface area contributed by atoms with Gasteiger partial charge in [0.05, 0.1) is 10.0 Å². The molecule has 0 aliphatic heterocycles. The van der Waals surface area contributed by atoms with E-state index in [9.17, 15) is 9.90 Å².